The second-order valence-electron chi connectivity index (χ2n) is 4.68. The summed E-state index contributed by atoms with van der Waals surface area (Å²) in [7, 11) is 2.07. The van der Waals surface area contributed by atoms with Crippen molar-refractivity contribution in [2.75, 3.05) is 33.2 Å². The number of hydrogen-bond donors (Lipinski definition) is 0. The lowest BCUT2D eigenvalue weighted by Crippen LogP contribution is -2.47. The highest BCUT2D eigenvalue weighted by molar-refractivity contribution is 5.76. The molecule has 0 aliphatic carbocycles. The van der Waals surface area contributed by atoms with E-state index in [1.54, 1.807) is 6.07 Å². The van der Waals surface area contributed by atoms with Crippen molar-refractivity contribution in [3.8, 4) is 0 Å². The van der Waals surface area contributed by atoms with Crippen LogP contribution in [0.25, 0.3) is 0 Å². The Morgan fingerprint density at radius 3 is 2.72 bits per heavy atom. The van der Waals surface area contributed by atoms with Crippen molar-refractivity contribution in [3.63, 3.8) is 0 Å². The molecule has 0 N–H and O–H groups in total. The molecule has 18 heavy (non-hydrogen) atoms. The summed E-state index contributed by atoms with van der Waals surface area (Å²) in [6.07, 6.45) is 3.11. The molecule has 0 spiro atoms. The van der Waals surface area contributed by atoms with Gasteiger partial charge in [0.2, 0.25) is 5.91 Å². The van der Waals surface area contributed by atoms with Gasteiger partial charge in [-0.2, -0.15) is 0 Å². The van der Waals surface area contributed by atoms with E-state index in [9.17, 15) is 9.59 Å². The van der Waals surface area contributed by atoms with Crippen LogP contribution in [0.2, 0.25) is 0 Å². The number of hydrogen-bond acceptors (Lipinski definition) is 3. The molecule has 1 aliphatic rings. The molecule has 1 aromatic rings. The minimum absolute atomic E-state index is 0.175. The Morgan fingerprint density at radius 2 is 2.06 bits per heavy atom. The van der Waals surface area contributed by atoms with Gasteiger partial charge in [0.1, 0.15) is 0 Å². The Kier molecular flexibility index (Phi) is 4.15. The number of nitrogens with zero attached hydrogens (tertiary/aromatic N) is 3. The molecule has 5 heteroatoms. The van der Waals surface area contributed by atoms with Crippen LogP contribution in [-0.2, 0) is 11.3 Å². The van der Waals surface area contributed by atoms with E-state index in [-0.39, 0.29) is 5.91 Å². The van der Waals surface area contributed by atoms with Crippen LogP contribution in [0.15, 0.2) is 18.3 Å². The van der Waals surface area contributed by atoms with Gasteiger partial charge in [0.15, 0.2) is 6.29 Å². The maximum absolute atomic E-state index is 12.0. The van der Waals surface area contributed by atoms with Gasteiger partial charge in [-0.05, 0) is 19.2 Å². The summed E-state index contributed by atoms with van der Waals surface area (Å²) < 4.78 is 1.82. The van der Waals surface area contributed by atoms with E-state index in [0.717, 1.165) is 32.5 Å². The first kappa shape index (κ1) is 12.8. The average Bonchev–Trinajstić information content (AvgIpc) is 2.84. The Hall–Kier alpha value is -1.62. The highest BCUT2D eigenvalue weighted by Gasteiger charge is 2.18. The molecule has 0 aromatic carbocycles. The van der Waals surface area contributed by atoms with Crippen LogP contribution in [0.4, 0.5) is 0 Å². The molecule has 2 heterocycles. The lowest BCUT2D eigenvalue weighted by Gasteiger charge is -2.32. The molecule has 0 radical (unpaired) electrons. The summed E-state index contributed by atoms with van der Waals surface area (Å²) >= 11 is 0. The van der Waals surface area contributed by atoms with Crippen molar-refractivity contribution >= 4 is 12.2 Å². The minimum atomic E-state index is 0.175. The molecular weight excluding hydrogens is 230 g/mol. The molecule has 1 aliphatic heterocycles. The number of amides is 1. The van der Waals surface area contributed by atoms with E-state index in [1.165, 1.54) is 0 Å². The van der Waals surface area contributed by atoms with Crippen molar-refractivity contribution in [2.24, 2.45) is 0 Å². The van der Waals surface area contributed by atoms with Crippen LogP contribution >= 0.6 is 0 Å². The number of piperazine rings is 1. The molecule has 1 aromatic heterocycles. The monoisotopic (exact) mass is 249 g/mol. The zero-order chi connectivity index (χ0) is 13.0. The summed E-state index contributed by atoms with van der Waals surface area (Å²) in [5.41, 5.74) is 0.626. The van der Waals surface area contributed by atoms with Crippen LogP contribution in [0, 0.1) is 0 Å². The molecule has 2 rings (SSSR count). The van der Waals surface area contributed by atoms with Crippen LogP contribution in [0.5, 0.6) is 0 Å². The lowest BCUT2D eigenvalue weighted by atomic mass is 10.3. The molecule has 1 fully saturated rings. The fourth-order valence-corrected chi connectivity index (χ4v) is 2.17. The predicted molar refractivity (Wildman–Crippen MR) is 68.5 cm³/mol. The van der Waals surface area contributed by atoms with Crippen molar-refractivity contribution in [1.82, 2.24) is 14.4 Å². The standard InChI is InChI=1S/C13H19N3O2/c1-14-7-9-16(10-8-14)13(18)4-6-15-5-2-3-12(15)11-17/h2-3,5,11H,4,6-10H2,1H3. The third-order valence-electron chi connectivity index (χ3n) is 3.41. The van der Waals surface area contributed by atoms with Gasteiger partial charge in [-0.3, -0.25) is 9.59 Å². The summed E-state index contributed by atoms with van der Waals surface area (Å²) in [5, 5.41) is 0. The Labute approximate surface area is 107 Å². The first-order chi connectivity index (χ1) is 8.70. The predicted octanol–water partition coefficient (Wildman–Crippen LogP) is 0.465. The van der Waals surface area contributed by atoms with Crippen molar-refractivity contribution in [2.45, 2.75) is 13.0 Å². The van der Waals surface area contributed by atoms with E-state index in [2.05, 4.69) is 11.9 Å². The first-order valence-electron chi connectivity index (χ1n) is 6.27. The van der Waals surface area contributed by atoms with Gasteiger partial charge in [-0.25, -0.2) is 0 Å². The molecule has 1 amide bonds. The van der Waals surface area contributed by atoms with Crippen molar-refractivity contribution < 1.29 is 9.59 Å². The van der Waals surface area contributed by atoms with E-state index >= 15 is 0 Å². The SMILES string of the molecule is CN1CCN(C(=O)CCn2cccc2C=O)CC1. The van der Waals surface area contributed by atoms with Crippen LogP contribution in [-0.4, -0.2) is 59.8 Å². The second kappa shape index (κ2) is 5.82. The third-order valence-corrected chi connectivity index (χ3v) is 3.41. The molecular formula is C13H19N3O2. The number of carbonyl (C=O) groups excluding carboxylic acids is 2. The summed E-state index contributed by atoms with van der Waals surface area (Å²) in [4.78, 5) is 26.9. The summed E-state index contributed by atoms with van der Waals surface area (Å²) in [5.74, 6) is 0.175. The highest BCUT2D eigenvalue weighted by atomic mass is 16.2. The van der Waals surface area contributed by atoms with Gasteiger partial charge in [-0.15, -0.1) is 0 Å². The van der Waals surface area contributed by atoms with Gasteiger partial charge in [0.25, 0.3) is 0 Å². The average molecular weight is 249 g/mol. The molecule has 0 saturated carbocycles. The molecule has 0 atom stereocenters. The van der Waals surface area contributed by atoms with E-state index in [4.69, 9.17) is 0 Å². The molecule has 5 nitrogen and oxygen atoms in total. The van der Waals surface area contributed by atoms with Crippen molar-refractivity contribution in [3.05, 3.63) is 24.0 Å². The Morgan fingerprint density at radius 1 is 1.33 bits per heavy atom. The molecule has 0 unspecified atom stereocenters. The van der Waals surface area contributed by atoms with Crippen LogP contribution in [0.1, 0.15) is 16.9 Å². The highest BCUT2D eigenvalue weighted by Crippen LogP contribution is 2.05. The lowest BCUT2D eigenvalue weighted by molar-refractivity contribution is -0.133. The zero-order valence-electron chi connectivity index (χ0n) is 10.7. The second-order valence-corrected chi connectivity index (χ2v) is 4.68. The fourth-order valence-electron chi connectivity index (χ4n) is 2.17. The number of aromatic nitrogens is 1. The van der Waals surface area contributed by atoms with Gasteiger partial charge in [0, 0.05) is 45.3 Å². The van der Waals surface area contributed by atoms with Crippen molar-refractivity contribution in [1.29, 1.82) is 0 Å². The number of rotatable bonds is 4. The quantitative estimate of drug-likeness (QED) is 0.728. The number of likely N-dealkylation sites (N-methyl/N-ethyl adjacent to an activating group) is 1. The maximum atomic E-state index is 12.0. The number of aryl methyl sites for hydroxylation is 1. The Bertz CT molecular complexity index is 420. The Balaban J connectivity index is 1.83. The number of carbonyl (C=O) groups is 2. The van der Waals surface area contributed by atoms with Gasteiger partial charge < -0.3 is 14.4 Å². The molecule has 1 saturated heterocycles. The topological polar surface area (TPSA) is 45.5 Å². The first-order valence-corrected chi connectivity index (χ1v) is 6.27. The van der Waals surface area contributed by atoms with E-state index in [0.29, 0.717) is 18.7 Å². The number of aldehydes is 1. The smallest absolute Gasteiger partial charge is 0.224 e. The minimum Gasteiger partial charge on any atom is -0.345 e. The van der Waals surface area contributed by atoms with Crippen LogP contribution in [0.3, 0.4) is 0 Å². The molecule has 0 bridgehead atoms. The maximum Gasteiger partial charge on any atom is 0.224 e. The summed E-state index contributed by atoms with van der Waals surface area (Å²) in [6.45, 7) is 4.07. The fraction of sp³-hybridized carbons (Fsp3) is 0.538. The van der Waals surface area contributed by atoms with Crippen LogP contribution < -0.4 is 0 Å². The van der Waals surface area contributed by atoms with Gasteiger partial charge in [0.05, 0.1) is 5.69 Å². The largest absolute Gasteiger partial charge is 0.345 e. The third kappa shape index (κ3) is 2.98. The normalized spacial score (nSPS) is 16.8. The van der Waals surface area contributed by atoms with E-state index in [1.807, 2.05) is 21.7 Å². The van der Waals surface area contributed by atoms with Gasteiger partial charge in [-0.1, -0.05) is 0 Å². The summed E-state index contributed by atoms with van der Waals surface area (Å²) in [6, 6.07) is 3.58. The van der Waals surface area contributed by atoms with Gasteiger partial charge >= 0.3 is 0 Å². The van der Waals surface area contributed by atoms with E-state index < -0.39 is 0 Å². The molecule has 98 valence electrons. The zero-order valence-corrected chi connectivity index (χ0v) is 10.7.